The van der Waals surface area contributed by atoms with Crippen LogP contribution in [-0.4, -0.2) is 20.6 Å². The standard InChI is InChI=1S/C15H18N2O2/c1-2-14-16-12-8-7-10(15(18)19)9-13(12)17(14)11-5-3-4-6-11/h7-9,11H,2-6H2,1H3,(H,18,19). The second-order valence-electron chi connectivity index (χ2n) is 5.20. The summed E-state index contributed by atoms with van der Waals surface area (Å²) in [6, 6.07) is 5.71. The number of hydrogen-bond acceptors (Lipinski definition) is 2. The van der Waals surface area contributed by atoms with Crippen LogP contribution in [0.5, 0.6) is 0 Å². The molecule has 1 fully saturated rings. The average molecular weight is 258 g/mol. The van der Waals surface area contributed by atoms with Crippen molar-refractivity contribution < 1.29 is 9.90 Å². The average Bonchev–Trinajstić information content (AvgIpc) is 3.03. The third kappa shape index (κ3) is 2.01. The van der Waals surface area contributed by atoms with Crippen molar-refractivity contribution in [1.29, 1.82) is 0 Å². The third-order valence-electron chi connectivity index (χ3n) is 4.02. The molecular weight excluding hydrogens is 240 g/mol. The van der Waals surface area contributed by atoms with Crippen molar-refractivity contribution in [3.8, 4) is 0 Å². The lowest BCUT2D eigenvalue weighted by molar-refractivity contribution is 0.0697. The number of aryl methyl sites for hydroxylation is 1. The Bertz CT molecular complexity index is 624. The molecule has 4 heteroatoms. The van der Waals surface area contributed by atoms with E-state index in [1.54, 1.807) is 12.1 Å². The van der Waals surface area contributed by atoms with Gasteiger partial charge in [0.05, 0.1) is 16.6 Å². The van der Waals surface area contributed by atoms with Crippen molar-refractivity contribution in [2.75, 3.05) is 0 Å². The highest BCUT2D eigenvalue weighted by Gasteiger charge is 2.22. The molecule has 1 N–H and O–H groups in total. The predicted octanol–water partition coefficient (Wildman–Crippen LogP) is 3.41. The van der Waals surface area contributed by atoms with Gasteiger partial charge >= 0.3 is 5.97 Å². The molecule has 1 aromatic carbocycles. The van der Waals surface area contributed by atoms with E-state index < -0.39 is 5.97 Å². The molecule has 1 saturated carbocycles. The Labute approximate surface area is 112 Å². The largest absolute Gasteiger partial charge is 0.478 e. The van der Waals surface area contributed by atoms with Crippen molar-refractivity contribution in [3.05, 3.63) is 29.6 Å². The lowest BCUT2D eigenvalue weighted by Crippen LogP contribution is -2.09. The van der Waals surface area contributed by atoms with Gasteiger partial charge in [0.15, 0.2) is 0 Å². The molecule has 2 aromatic rings. The minimum absolute atomic E-state index is 0.342. The maximum absolute atomic E-state index is 11.1. The molecule has 3 rings (SSSR count). The fourth-order valence-electron chi connectivity index (χ4n) is 3.10. The molecule has 19 heavy (non-hydrogen) atoms. The summed E-state index contributed by atoms with van der Waals surface area (Å²) in [6.07, 6.45) is 5.75. The van der Waals surface area contributed by atoms with Gasteiger partial charge in [-0.15, -0.1) is 0 Å². The summed E-state index contributed by atoms with van der Waals surface area (Å²) in [5, 5.41) is 9.13. The van der Waals surface area contributed by atoms with Gasteiger partial charge in [-0.05, 0) is 31.0 Å². The third-order valence-corrected chi connectivity index (χ3v) is 4.02. The zero-order valence-electron chi connectivity index (χ0n) is 11.1. The summed E-state index contributed by atoms with van der Waals surface area (Å²) in [5.74, 6) is 0.198. The van der Waals surface area contributed by atoms with Gasteiger partial charge in [0, 0.05) is 12.5 Å². The van der Waals surface area contributed by atoms with Crippen molar-refractivity contribution in [3.63, 3.8) is 0 Å². The number of aromatic carboxylic acids is 1. The van der Waals surface area contributed by atoms with Crippen LogP contribution in [0, 0.1) is 0 Å². The van der Waals surface area contributed by atoms with E-state index in [0.717, 1.165) is 23.3 Å². The fraction of sp³-hybridized carbons (Fsp3) is 0.467. The van der Waals surface area contributed by atoms with Crippen LogP contribution in [0.15, 0.2) is 18.2 Å². The van der Waals surface area contributed by atoms with Crippen LogP contribution in [0.3, 0.4) is 0 Å². The Morgan fingerprint density at radius 3 is 2.79 bits per heavy atom. The van der Waals surface area contributed by atoms with Gasteiger partial charge in [-0.3, -0.25) is 0 Å². The molecule has 0 bridgehead atoms. The minimum atomic E-state index is -0.876. The normalized spacial score (nSPS) is 16.3. The zero-order valence-corrected chi connectivity index (χ0v) is 11.1. The van der Waals surface area contributed by atoms with Crippen molar-refractivity contribution in [2.24, 2.45) is 0 Å². The van der Waals surface area contributed by atoms with Crippen molar-refractivity contribution in [2.45, 2.75) is 45.1 Å². The molecule has 0 amide bonds. The summed E-state index contributed by atoms with van der Waals surface area (Å²) in [6.45, 7) is 2.10. The van der Waals surface area contributed by atoms with Gasteiger partial charge < -0.3 is 9.67 Å². The lowest BCUT2D eigenvalue weighted by atomic mass is 10.1. The molecule has 1 aliphatic carbocycles. The van der Waals surface area contributed by atoms with Crippen molar-refractivity contribution in [1.82, 2.24) is 9.55 Å². The van der Waals surface area contributed by atoms with Crippen LogP contribution in [0.2, 0.25) is 0 Å². The molecule has 1 aromatic heterocycles. The molecule has 0 atom stereocenters. The van der Waals surface area contributed by atoms with Gasteiger partial charge in [0.2, 0.25) is 0 Å². The number of fused-ring (bicyclic) bond motifs is 1. The Hall–Kier alpha value is -1.84. The van der Waals surface area contributed by atoms with E-state index in [9.17, 15) is 4.79 Å². The highest BCUT2D eigenvalue weighted by atomic mass is 16.4. The van der Waals surface area contributed by atoms with Gasteiger partial charge in [0.25, 0.3) is 0 Å². The number of hydrogen-bond donors (Lipinski definition) is 1. The second kappa shape index (κ2) is 4.68. The first-order valence-electron chi connectivity index (χ1n) is 6.95. The maximum atomic E-state index is 11.1. The lowest BCUT2D eigenvalue weighted by Gasteiger charge is -2.15. The summed E-state index contributed by atoms with van der Waals surface area (Å²) in [5.41, 5.74) is 2.23. The van der Waals surface area contributed by atoms with Crippen LogP contribution in [0.25, 0.3) is 11.0 Å². The Morgan fingerprint density at radius 1 is 1.42 bits per heavy atom. The van der Waals surface area contributed by atoms with E-state index >= 15 is 0 Å². The van der Waals surface area contributed by atoms with E-state index in [2.05, 4.69) is 16.5 Å². The monoisotopic (exact) mass is 258 g/mol. The number of imidazole rings is 1. The molecule has 0 aliphatic heterocycles. The van der Waals surface area contributed by atoms with Crippen molar-refractivity contribution >= 4 is 17.0 Å². The second-order valence-corrected chi connectivity index (χ2v) is 5.20. The SMILES string of the molecule is CCc1nc2ccc(C(=O)O)cc2n1C1CCCC1. The van der Waals surface area contributed by atoms with Crippen LogP contribution in [0.1, 0.15) is 54.8 Å². The molecule has 1 aliphatic rings. The molecule has 0 radical (unpaired) electrons. The first kappa shape index (κ1) is 12.2. The first-order valence-corrected chi connectivity index (χ1v) is 6.95. The first-order chi connectivity index (χ1) is 9.20. The zero-order chi connectivity index (χ0) is 13.4. The summed E-state index contributed by atoms with van der Waals surface area (Å²) in [7, 11) is 0. The quantitative estimate of drug-likeness (QED) is 0.917. The summed E-state index contributed by atoms with van der Waals surface area (Å²) in [4.78, 5) is 15.8. The van der Waals surface area contributed by atoms with E-state index in [-0.39, 0.29) is 0 Å². The number of rotatable bonds is 3. The summed E-state index contributed by atoms with van der Waals surface area (Å²) < 4.78 is 2.27. The highest BCUT2D eigenvalue weighted by Crippen LogP contribution is 2.34. The molecule has 1 heterocycles. The number of nitrogens with zero attached hydrogens (tertiary/aromatic N) is 2. The predicted molar refractivity (Wildman–Crippen MR) is 73.6 cm³/mol. The summed E-state index contributed by atoms with van der Waals surface area (Å²) >= 11 is 0. The number of carbonyl (C=O) groups is 1. The smallest absolute Gasteiger partial charge is 0.335 e. The topological polar surface area (TPSA) is 55.1 Å². The molecule has 0 saturated heterocycles. The van der Waals surface area contributed by atoms with Crippen LogP contribution >= 0.6 is 0 Å². The van der Waals surface area contributed by atoms with E-state index in [1.165, 1.54) is 25.7 Å². The number of carboxylic acids is 1. The van der Waals surface area contributed by atoms with Gasteiger partial charge in [0.1, 0.15) is 5.82 Å². The molecule has 4 nitrogen and oxygen atoms in total. The van der Waals surface area contributed by atoms with Crippen LogP contribution in [0.4, 0.5) is 0 Å². The van der Waals surface area contributed by atoms with E-state index in [0.29, 0.717) is 11.6 Å². The Balaban J connectivity index is 2.20. The minimum Gasteiger partial charge on any atom is -0.478 e. The highest BCUT2D eigenvalue weighted by molar-refractivity contribution is 5.92. The fourth-order valence-corrected chi connectivity index (χ4v) is 3.10. The number of aromatic nitrogens is 2. The van der Waals surface area contributed by atoms with Gasteiger partial charge in [-0.2, -0.15) is 0 Å². The van der Waals surface area contributed by atoms with Gasteiger partial charge in [-0.1, -0.05) is 19.8 Å². The number of benzene rings is 1. The Morgan fingerprint density at radius 2 is 2.16 bits per heavy atom. The Kier molecular flexibility index (Phi) is 3.01. The molecule has 0 unspecified atom stereocenters. The number of carboxylic acid groups (broad SMARTS) is 1. The van der Waals surface area contributed by atoms with Crippen LogP contribution < -0.4 is 0 Å². The molecule has 100 valence electrons. The van der Waals surface area contributed by atoms with Gasteiger partial charge in [-0.25, -0.2) is 9.78 Å². The molecule has 0 spiro atoms. The molecular formula is C15H18N2O2. The van der Waals surface area contributed by atoms with E-state index in [4.69, 9.17) is 5.11 Å². The maximum Gasteiger partial charge on any atom is 0.335 e. The van der Waals surface area contributed by atoms with Crippen LogP contribution in [-0.2, 0) is 6.42 Å². The van der Waals surface area contributed by atoms with E-state index in [1.807, 2.05) is 6.07 Å².